The van der Waals surface area contributed by atoms with Gasteiger partial charge in [-0.15, -0.1) is 0 Å². The second-order valence-electron chi connectivity index (χ2n) is 4.25. The van der Waals surface area contributed by atoms with Gasteiger partial charge in [-0.1, -0.05) is 19.1 Å². The van der Waals surface area contributed by atoms with Crippen LogP contribution in [0.1, 0.15) is 18.5 Å². The Morgan fingerprint density at radius 2 is 2.22 bits per heavy atom. The van der Waals surface area contributed by atoms with Crippen LogP contribution in [0.3, 0.4) is 0 Å². The van der Waals surface area contributed by atoms with Gasteiger partial charge < -0.3 is 14.8 Å². The van der Waals surface area contributed by atoms with Gasteiger partial charge in [-0.25, -0.2) is 8.78 Å². The first-order valence-corrected chi connectivity index (χ1v) is 6.09. The zero-order chi connectivity index (χ0) is 13.0. The lowest BCUT2D eigenvalue weighted by Gasteiger charge is -2.28. The van der Waals surface area contributed by atoms with Crippen LogP contribution in [-0.2, 0) is 9.47 Å². The van der Waals surface area contributed by atoms with E-state index in [-0.39, 0.29) is 12.1 Å². The number of benzene rings is 1. The molecule has 1 aromatic rings. The van der Waals surface area contributed by atoms with E-state index < -0.39 is 11.6 Å². The predicted molar refractivity (Wildman–Crippen MR) is 63.3 cm³/mol. The number of likely N-dealkylation sites (N-methyl/N-ethyl adjacent to an activating group) is 1. The van der Waals surface area contributed by atoms with Crippen molar-refractivity contribution in [1.29, 1.82) is 0 Å². The minimum absolute atomic E-state index is 0.0720. The molecule has 1 atom stereocenters. The standard InChI is InChI=1S/C13H17F2NO2/c1-2-16-12(8-18-9-6-17-7-9)10-4-3-5-11(14)13(10)15/h3-5,9,12,16H,2,6-8H2,1H3. The number of nitrogens with one attached hydrogen (secondary N) is 1. The molecule has 18 heavy (non-hydrogen) atoms. The molecule has 0 bridgehead atoms. The molecule has 1 heterocycles. The molecule has 0 saturated carbocycles. The Labute approximate surface area is 105 Å². The molecule has 1 fully saturated rings. The van der Waals surface area contributed by atoms with Crippen molar-refractivity contribution in [2.75, 3.05) is 26.4 Å². The van der Waals surface area contributed by atoms with E-state index in [1.165, 1.54) is 6.07 Å². The third-order valence-corrected chi connectivity index (χ3v) is 2.91. The highest BCUT2D eigenvalue weighted by molar-refractivity contribution is 5.22. The Kier molecular flexibility index (Phi) is 4.63. The average Bonchev–Trinajstić information content (AvgIpc) is 2.30. The summed E-state index contributed by atoms with van der Waals surface area (Å²) in [5.41, 5.74) is 0.303. The maximum atomic E-state index is 13.7. The zero-order valence-electron chi connectivity index (χ0n) is 10.3. The Balaban J connectivity index is 2.04. The molecule has 0 spiro atoms. The van der Waals surface area contributed by atoms with E-state index in [2.05, 4.69) is 5.32 Å². The van der Waals surface area contributed by atoms with Crippen molar-refractivity contribution >= 4 is 0 Å². The Morgan fingerprint density at radius 1 is 1.44 bits per heavy atom. The Morgan fingerprint density at radius 3 is 2.83 bits per heavy atom. The van der Waals surface area contributed by atoms with E-state index >= 15 is 0 Å². The van der Waals surface area contributed by atoms with Gasteiger partial charge in [-0.3, -0.25) is 0 Å². The lowest BCUT2D eigenvalue weighted by molar-refractivity contribution is -0.133. The highest BCUT2D eigenvalue weighted by Gasteiger charge is 2.23. The first-order valence-electron chi connectivity index (χ1n) is 6.09. The van der Waals surface area contributed by atoms with Gasteiger partial charge in [0.15, 0.2) is 11.6 Å². The molecule has 0 aliphatic carbocycles. The van der Waals surface area contributed by atoms with Gasteiger partial charge in [0.2, 0.25) is 0 Å². The third-order valence-electron chi connectivity index (χ3n) is 2.91. The van der Waals surface area contributed by atoms with E-state index in [9.17, 15) is 8.78 Å². The summed E-state index contributed by atoms with van der Waals surface area (Å²) >= 11 is 0. The normalized spacial score (nSPS) is 17.5. The molecule has 1 aliphatic heterocycles. The topological polar surface area (TPSA) is 30.5 Å². The highest BCUT2D eigenvalue weighted by atomic mass is 19.2. The van der Waals surface area contributed by atoms with Crippen LogP contribution in [-0.4, -0.2) is 32.5 Å². The number of hydrogen-bond donors (Lipinski definition) is 1. The third kappa shape index (κ3) is 3.04. The van der Waals surface area contributed by atoms with E-state index in [0.717, 1.165) is 6.07 Å². The van der Waals surface area contributed by atoms with Gasteiger partial charge in [0, 0.05) is 5.56 Å². The van der Waals surface area contributed by atoms with Crippen LogP contribution in [0.15, 0.2) is 18.2 Å². The number of halogens is 2. The average molecular weight is 257 g/mol. The molecule has 1 aromatic carbocycles. The zero-order valence-corrected chi connectivity index (χ0v) is 10.3. The van der Waals surface area contributed by atoms with Gasteiger partial charge in [-0.05, 0) is 12.6 Å². The van der Waals surface area contributed by atoms with Gasteiger partial charge >= 0.3 is 0 Å². The minimum Gasteiger partial charge on any atom is -0.376 e. The minimum atomic E-state index is -0.831. The molecule has 1 N–H and O–H groups in total. The van der Waals surface area contributed by atoms with Crippen molar-refractivity contribution in [3.8, 4) is 0 Å². The van der Waals surface area contributed by atoms with Crippen molar-refractivity contribution in [1.82, 2.24) is 5.32 Å². The molecule has 3 nitrogen and oxygen atoms in total. The van der Waals surface area contributed by atoms with E-state index in [1.54, 1.807) is 6.07 Å². The van der Waals surface area contributed by atoms with Crippen LogP contribution < -0.4 is 5.32 Å². The van der Waals surface area contributed by atoms with Crippen LogP contribution in [0.4, 0.5) is 8.78 Å². The SMILES string of the molecule is CCNC(COC1COC1)c1cccc(F)c1F. The largest absolute Gasteiger partial charge is 0.376 e. The Hall–Kier alpha value is -1.04. The fourth-order valence-corrected chi connectivity index (χ4v) is 1.84. The van der Waals surface area contributed by atoms with Gasteiger partial charge in [0.05, 0.1) is 25.9 Å². The summed E-state index contributed by atoms with van der Waals surface area (Å²) in [6.07, 6.45) is 0.0720. The predicted octanol–water partition coefficient (Wildman–Crippen LogP) is 2.03. The number of hydrogen-bond acceptors (Lipinski definition) is 3. The fourth-order valence-electron chi connectivity index (χ4n) is 1.84. The lowest BCUT2D eigenvalue weighted by atomic mass is 10.1. The van der Waals surface area contributed by atoms with Gasteiger partial charge in [0.1, 0.15) is 6.10 Å². The molecule has 2 rings (SSSR count). The van der Waals surface area contributed by atoms with E-state index in [0.29, 0.717) is 31.9 Å². The molecule has 0 amide bonds. The van der Waals surface area contributed by atoms with Gasteiger partial charge in [0.25, 0.3) is 0 Å². The van der Waals surface area contributed by atoms with Crippen molar-refractivity contribution in [3.05, 3.63) is 35.4 Å². The molecule has 5 heteroatoms. The summed E-state index contributed by atoms with van der Waals surface area (Å²) in [6, 6.07) is 3.85. The molecular formula is C13H17F2NO2. The van der Waals surface area contributed by atoms with Crippen LogP contribution in [0.5, 0.6) is 0 Å². The molecule has 1 unspecified atom stereocenters. The monoisotopic (exact) mass is 257 g/mol. The molecule has 1 saturated heterocycles. The van der Waals surface area contributed by atoms with Crippen LogP contribution in [0.2, 0.25) is 0 Å². The maximum absolute atomic E-state index is 13.7. The molecule has 0 radical (unpaired) electrons. The van der Waals surface area contributed by atoms with Crippen molar-refractivity contribution in [2.24, 2.45) is 0 Å². The molecule has 0 aromatic heterocycles. The Bertz CT molecular complexity index is 397. The second-order valence-corrected chi connectivity index (χ2v) is 4.25. The smallest absolute Gasteiger partial charge is 0.163 e. The van der Waals surface area contributed by atoms with E-state index in [4.69, 9.17) is 9.47 Å². The van der Waals surface area contributed by atoms with Crippen LogP contribution in [0.25, 0.3) is 0 Å². The summed E-state index contributed by atoms with van der Waals surface area (Å²) < 4.78 is 37.5. The van der Waals surface area contributed by atoms with Crippen molar-refractivity contribution in [2.45, 2.75) is 19.1 Å². The number of ether oxygens (including phenoxy) is 2. The van der Waals surface area contributed by atoms with Gasteiger partial charge in [-0.2, -0.15) is 0 Å². The molecule has 100 valence electrons. The maximum Gasteiger partial charge on any atom is 0.163 e. The molecular weight excluding hydrogens is 240 g/mol. The van der Waals surface area contributed by atoms with Crippen LogP contribution in [0, 0.1) is 11.6 Å². The van der Waals surface area contributed by atoms with Crippen LogP contribution >= 0.6 is 0 Å². The molecule has 1 aliphatic rings. The second kappa shape index (κ2) is 6.22. The summed E-state index contributed by atoms with van der Waals surface area (Å²) in [4.78, 5) is 0. The quantitative estimate of drug-likeness (QED) is 0.846. The van der Waals surface area contributed by atoms with E-state index in [1.807, 2.05) is 6.92 Å². The first kappa shape index (κ1) is 13.4. The number of rotatable bonds is 6. The highest BCUT2D eigenvalue weighted by Crippen LogP contribution is 2.21. The summed E-state index contributed by atoms with van der Waals surface area (Å²) in [6.45, 7) is 4.03. The summed E-state index contributed by atoms with van der Waals surface area (Å²) in [7, 11) is 0. The van der Waals surface area contributed by atoms with Crippen molar-refractivity contribution in [3.63, 3.8) is 0 Å². The first-order chi connectivity index (χ1) is 8.72. The fraction of sp³-hybridized carbons (Fsp3) is 0.538. The lowest BCUT2D eigenvalue weighted by Crippen LogP contribution is -2.38. The van der Waals surface area contributed by atoms with Crippen molar-refractivity contribution < 1.29 is 18.3 Å². The summed E-state index contributed by atoms with van der Waals surface area (Å²) in [5.74, 6) is -1.64. The summed E-state index contributed by atoms with van der Waals surface area (Å²) in [5, 5.41) is 3.10.